The number of nitrogens with zero attached hydrogens (tertiary/aromatic N) is 3. The van der Waals surface area contributed by atoms with E-state index in [4.69, 9.17) is 26.4 Å². The van der Waals surface area contributed by atoms with Gasteiger partial charge in [-0.3, -0.25) is 14.5 Å². The Kier molecular flexibility index (Phi) is 8.60. The van der Waals surface area contributed by atoms with Gasteiger partial charge in [0.05, 0.1) is 35.1 Å². The van der Waals surface area contributed by atoms with Gasteiger partial charge in [0.25, 0.3) is 5.91 Å². The highest BCUT2D eigenvalue weighted by molar-refractivity contribution is 14.1. The Balaban J connectivity index is 1.62. The summed E-state index contributed by atoms with van der Waals surface area (Å²) in [4.78, 5) is 28.5. The first-order chi connectivity index (χ1) is 18.4. The normalized spacial score (nSPS) is 14.0. The van der Waals surface area contributed by atoms with E-state index >= 15 is 0 Å². The summed E-state index contributed by atoms with van der Waals surface area (Å²) in [6.45, 7) is 0.0345. The minimum Gasteiger partial charge on any atom is -0.497 e. The first-order valence-electron chi connectivity index (χ1n) is 11.3. The fraction of sp³-hybridized carbons (Fsp3) is 0.143. The van der Waals surface area contributed by atoms with Gasteiger partial charge < -0.3 is 19.1 Å². The van der Waals surface area contributed by atoms with Gasteiger partial charge in [0.2, 0.25) is 0 Å². The number of carbonyl (C=O) groups is 2. The molecule has 38 heavy (non-hydrogen) atoms. The van der Waals surface area contributed by atoms with Crippen LogP contribution in [0.25, 0.3) is 6.08 Å². The summed E-state index contributed by atoms with van der Waals surface area (Å²) in [5, 5.41) is 9.47. The molecular formula is C28H22IN3O5S. The molecule has 1 fully saturated rings. The van der Waals surface area contributed by atoms with Crippen LogP contribution >= 0.6 is 34.8 Å². The number of hydrogen-bond acceptors (Lipinski definition) is 7. The number of nitriles is 1. The van der Waals surface area contributed by atoms with Crippen molar-refractivity contribution in [2.45, 2.75) is 6.61 Å². The Morgan fingerprint density at radius 1 is 1.11 bits per heavy atom. The minimum atomic E-state index is -0.529. The summed E-state index contributed by atoms with van der Waals surface area (Å²) in [7, 11) is 2.84. The lowest BCUT2D eigenvalue weighted by molar-refractivity contribution is -0.140. The van der Waals surface area contributed by atoms with Crippen molar-refractivity contribution >= 4 is 63.6 Å². The predicted molar refractivity (Wildman–Crippen MR) is 154 cm³/mol. The van der Waals surface area contributed by atoms with Gasteiger partial charge in [-0.25, -0.2) is 0 Å². The van der Waals surface area contributed by atoms with Crippen LogP contribution in [0.15, 0.2) is 72.4 Å². The van der Waals surface area contributed by atoms with Crippen molar-refractivity contribution in [3.63, 3.8) is 0 Å². The zero-order valence-electron chi connectivity index (χ0n) is 20.5. The lowest BCUT2D eigenvalue weighted by Crippen LogP contribution is -2.35. The maximum Gasteiger partial charge on any atom is 0.325 e. The number of esters is 1. The molecule has 0 aromatic heterocycles. The topological polar surface area (TPSA) is 92.1 Å². The van der Waals surface area contributed by atoms with E-state index in [1.54, 1.807) is 49.6 Å². The van der Waals surface area contributed by atoms with E-state index in [0.29, 0.717) is 22.7 Å². The van der Waals surface area contributed by atoms with E-state index < -0.39 is 5.97 Å². The smallest absolute Gasteiger partial charge is 0.325 e. The van der Waals surface area contributed by atoms with Crippen LogP contribution in [-0.4, -0.2) is 42.7 Å². The highest BCUT2D eigenvalue weighted by Crippen LogP contribution is 2.31. The van der Waals surface area contributed by atoms with Gasteiger partial charge in [-0.1, -0.05) is 24.3 Å². The highest BCUT2D eigenvalue weighted by Gasteiger charge is 2.40. The Labute approximate surface area is 239 Å². The lowest BCUT2D eigenvalue weighted by Gasteiger charge is -2.19. The lowest BCUT2D eigenvalue weighted by atomic mass is 10.1. The summed E-state index contributed by atoms with van der Waals surface area (Å²) >= 11 is 7.75. The third-order valence-corrected chi connectivity index (χ3v) is 7.01. The Morgan fingerprint density at radius 3 is 2.50 bits per heavy atom. The second-order valence-corrected chi connectivity index (χ2v) is 9.59. The molecule has 1 aliphatic rings. The molecule has 4 rings (SSSR count). The number of ether oxygens (including phenoxy) is 3. The van der Waals surface area contributed by atoms with Crippen LogP contribution in [0, 0.1) is 14.9 Å². The molecule has 3 aromatic carbocycles. The van der Waals surface area contributed by atoms with Gasteiger partial charge in [-0.05, 0) is 88.9 Å². The number of halogens is 1. The van der Waals surface area contributed by atoms with Crippen molar-refractivity contribution in [2.75, 3.05) is 25.7 Å². The second kappa shape index (κ2) is 12.1. The number of benzene rings is 3. The predicted octanol–water partition coefficient (Wildman–Crippen LogP) is 4.90. The summed E-state index contributed by atoms with van der Waals surface area (Å²) in [5.74, 6) is 0.382. The summed E-state index contributed by atoms with van der Waals surface area (Å²) in [5.41, 5.74) is 2.86. The number of carbonyl (C=O) groups excluding carboxylic acids is 2. The molecule has 0 N–H and O–H groups in total. The summed E-state index contributed by atoms with van der Waals surface area (Å²) in [6.07, 6.45) is 1.68. The molecule has 1 aliphatic heterocycles. The van der Waals surface area contributed by atoms with Gasteiger partial charge >= 0.3 is 5.97 Å². The number of anilines is 1. The van der Waals surface area contributed by atoms with Gasteiger partial charge in [0.1, 0.15) is 30.3 Å². The Bertz CT molecular complexity index is 1470. The zero-order chi connectivity index (χ0) is 27.2. The SMILES string of the molecule is COC(=O)CN1C(=S)N(c2ccc(OC)cc2)C(=O)/C1=C/c1ccc(OCc2ccccc2C#N)c(I)c1. The third kappa shape index (κ3) is 5.79. The highest BCUT2D eigenvalue weighted by atomic mass is 127. The van der Waals surface area contributed by atoms with Crippen molar-refractivity contribution in [1.29, 1.82) is 5.26 Å². The van der Waals surface area contributed by atoms with Gasteiger partial charge in [-0.2, -0.15) is 5.26 Å². The third-order valence-electron chi connectivity index (χ3n) is 5.76. The van der Waals surface area contributed by atoms with Crippen LogP contribution in [0.2, 0.25) is 0 Å². The van der Waals surface area contributed by atoms with Gasteiger partial charge in [-0.15, -0.1) is 0 Å². The van der Waals surface area contributed by atoms with E-state index in [9.17, 15) is 14.9 Å². The van der Waals surface area contributed by atoms with E-state index in [2.05, 4.69) is 28.7 Å². The van der Waals surface area contributed by atoms with Crippen LogP contribution in [0.5, 0.6) is 11.5 Å². The van der Waals surface area contributed by atoms with E-state index in [1.165, 1.54) is 16.9 Å². The number of hydrogen-bond donors (Lipinski definition) is 0. The maximum absolute atomic E-state index is 13.5. The molecule has 8 nitrogen and oxygen atoms in total. The quantitative estimate of drug-likeness (QED) is 0.149. The standard InChI is InChI=1S/C28H22IN3O5S/c1-35-22-10-8-21(9-11-22)32-27(34)24(31(28(32)38)16-26(33)36-2)14-18-7-12-25(23(29)13-18)37-17-20-6-4-3-5-19(20)15-30/h3-14H,16-17H2,1-2H3/b24-14-. The maximum atomic E-state index is 13.5. The molecule has 0 unspecified atom stereocenters. The van der Waals surface area contributed by atoms with E-state index in [1.807, 2.05) is 30.3 Å². The van der Waals surface area contributed by atoms with E-state index in [0.717, 1.165) is 14.7 Å². The molecule has 1 heterocycles. The Hall–Kier alpha value is -3.95. The van der Waals surface area contributed by atoms with Crippen molar-refractivity contribution in [3.8, 4) is 17.6 Å². The minimum absolute atomic E-state index is 0.169. The van der Waals surface area contributed by atoms with Crippen LogP contribution in [0.1, 0.15) is 16.7 Å². The summed E-state index contributed by atoms with van der Waals surface area (Å²) in [6, 6.07) is 21.8. The van der Waals surface area contributed by atoms with Gasteiger partial charge in [0.15, 0.2) is 5.11 Å². The molecule has 0 radical (unpaired) electrons. The molecule has 0 atom stereocenters. The number of rotatable bonds is 8. The average Bonchev–Trinajstić information content (AvgIpc) is 3.16. The molecule has 0 saturated carbocycles. The van der Waals surface area contributed by atoms with Crippen molar-refractivity contribution in [2.24, 2.45) is 0 Å². The fourth-order valence-corrected chi connectivity index (χ4v) is 4.82. The molecule has 3 aromatic rings. The van der Waals surface area contributed by atoms with Crippen molar-refractivity contribution < 1.29 is 23.8 Å². The largest absolute Gasteiger partial charge is 0.497 e. The molecule has 10 heteroatoms. The molecule has 192 valence electrons. The van der Waals surface area contributed by atoms with Crippen LogP contribution in [0.3, 0.4) is 0 Å². The molecule has 1 amide bonds. The zero-order valence-corrected chi connectivity index (χ0v) is 23.5. The molecule has 0 bridgehead atoms. The van der Waals surface area contributed by atoms with Crippen LogP contribution in [0.4, 0.5) is 5.69 Å². The number of methoxy groups -OCH3 is 2. The molecule has 1 saturated heterocycles. The van der Waals surface area contributed by atoms with Crippen molar-refractivity contribution in [3.05, 3.63) is 92.7 Å². The molecule has 0 spiro atoms. The van der Waals surface area contributed by atoms with Crippen molar-refractivity contribution in [1.82, 2.24) is 4.90 Å². The first kappa shape index (κ1) is 27.1. The monoisotopic (exact) mass is 639 g/mol. The van der Waals surface area contributed by atoms with Gasteiger partial charge in [0, 0.05) is 5.56 Å². The molecule has 0 aliphatic carbocycles. The van der Waals surface area contributed by atoms with Crippen LogP contribution < -0.4 is 14.4 Å². The van der Waals surface area contributed by atoms with E-state index in [-0.39, 0.29) is 29.9 Å². The molecular weight excluding hydrogens is 617 g/mol. The number of thiocarbonyl (C=S) groups is 1. The Morgan fingerprint density at radius 2 is 1.84 bits per heavy atom. The number of amides is 1. The van der Waals surface area contributed by atoms with Crippen LogP contribution in [-0.2, 0) is 20.9 Å². The second-order valence-electron chi connectivity index (χ2n) is 8.06. The first-order valence-corrected chi connectivity index (χ1v) is 12.8. The summed E-state index contributed by atoms with van der Waals surface area (Å²) < 4.78 is 16.8. The fourth-order valence-electron chi connectivity index (χ4n) is 3.78. The average molecular weight is 639 g/mol.